The standard InChI is InChI=1S/C29H26F2N8O/c1-29(2,3)11-21(40)35-18-10-16(12-32-13-18)20-14-34-26-22(23(20)31)25(38-39-26)28-36-24-19(8-9-33-27(24)37-28)15-4-6-17(30)7-5-15/h4-10,12-14,21,35,40H,11H2,1-3H3,(H,33,36,37)(H,34,38,39). The Morgan fingerprint density at radius 2 is 1.75 bits per heavy atom. The number of rotatable bonds is 6. The normalized spacial score (nSPS) is 12.8. The smallest absolute Gasteiger partial charge is 0.184 e. The lowest BCUT2D eigenvalue weighted by Crippen LogP contribution is -2.25. The number of aromatic amines is 2. The molecule has 0 saturated heterocycles. The number of hydrogen-bond acceptors (Lipinski definition) is 7. The van der Waals surface area contributed by atoms with Crippen LogP contribution < -0.4 is 5.32 Å². The van der Waals surface area contributed by atoms with Crippen LogP contribution in [0.5, 0.6) is 0 Å². The van der Waals surface area contributed by atoms with Crippen LogP contribution in [-0.2, 0) is 0 Å². The van der Waals surface area contributed by atoms with Crippen molar-refractivity contribution in [3.8, 4) is 33.8 Å². The summed E-state index contributed by atoms with van der Waals surface area (Å²) in [5.41, 5.74) is 4.26. The molecule has 202 valence electrons. The third kappa shape index (κ3) is 4.87. The summed E-state index contributed by atoms with van der Waals surface area (Å²) in [7, 11) is 0. The fourth-order valence-electron chi connectivity index (χ4n) is 4.71. The minimum atomic E-state index is -0.788. The Labute approximate surface area is 227 Å². The minimum absolute atomic E-state index is 0.0812. The van der Waals surface area contributed by atoms with Gasteiger partial charge < -0.3 is 15.4 Å². The molecule has 5 heterocycles. The predicted octanol–water partition coefficient (Wildman–Crippen LogP) is 6.07. The number of aromatic nitrogens is 7. The molecule has 1 aromatic carbocycles. The molecule has 0 aliphatic rings. The quantitative estimate of drug-likeness (QED) is 0.189. The number of hydrogen-bond donors (Lipinski definition) is 4. The highest BCUT2D eigenvalue weighted by molar-refractivity contribution is 5.96. The average molecular weight is 541 g/mol. The fourth-order valence-corrected chi connectivity index (χ4v) is 4.71. The number of aliphatic hydroxyl groups is 1. The molecule has 11 heteroatoms. The van der Waals surface area contributed by atoms with Crippen molar-refractivity contribution in [1.82, 2.24) is 35.1 Å². The third-order valence-electron chi connectivity index (χ3n) is 6.49. The Balaban J connectivity index is 1.39. The van der Waals surface area contributed by atoms with Crippen LogP contribution in [0, 0.1) is 17.0 Å². The van der Waals surface area contributed by atoms with Crippen molar-refractivity contribution in [3.63, 3.8) is 0 Å². The maximum absolute atomic E-state index is 16.1. The van der Waals surface area contributed by atoms with E-state index in [4.69, 9.17) is 0 Å². The second-order valence-corrected chi connectivity index (χ2v) is 10.8. The first-order chi connectivity index (χ1) is 19.2. The topological polar surface area (TPSA) is 128 Å². The van der Waals surface area contributed by atoms with Gasteiger partial charge in [0.15, 0.2) is 17.1 Å². The van der Waals surface area contributed by atoms with Crippen LogP contribution in [0.4, 0.5) is 14.5 Å². The van der Waals surface area contributed by atoms with E-state index in [9.17, 15) is 9.50 Å². The van der Waals surface area contributed by atoms with Gasteiger partial charge in [0.1, 0.15) is 23.6 Å². The summed E-state index contributed by atoms with van der Waals surface area (Å²) in [4.78, 5) is 20.7. The summed E-state index contributed by atoms with van der Waals surface area (Å²) in [5, 5.41) is 20.6. The van der Waals surface area contributed by atoms with Gasteiger partial charge in [0.25, 0.3) is 0 Å². The largest absolute Gasteiger partial charge is 0.374 e. The van der Waals surface area contributed by atoms with Crippen LogP contribution in [0.1, 0.15) is 27.2 Å². The van der Waals surface area contributed by atoms with Gasteiger partial charge in [-0.2, -0.15) is 5.10 Å². The Morgan fingerprint density at radius 3 is 2.52 bits per heavy atom. The molecule has 5 aromatic heterocycles. The summed E-state index contributed by atoms with van der Waals surface area (Å²) < 4.78 is 29.6. The first-order valence-electron chi connectivity index (χ1n) is 12.7. The number of nitrogens with one attached hydrogen (secondary N) is 3. The first kappa shape index (κ1) is 25.5. The predicted molar refractivity (Wildman–Crippen MR) is 149 cm³/mol. The van der Waals surface area contributed by atoms with E-state index in [1.165, 1.54) is 24.5 Å². The summed E-state index contributed by atoms with van der Waals surface area (Å²) in [6.45, 7) is 6.10. The number of halogens is 2. The van der Waals surface area contributed by atoms with Crippen LogP contribution in [0.3, 0.4) is 0 Å². The molecule has 6 aromatic rings. The summed E-state index contributed by atoms with van der Waals surface area (Å²) in [6, 6.07) is 9.62. The number of anilines is 1. The van der Waals surface area contributed by atoms with Crippen molar-refractivity contribution in [2.75, 3.05) is 5.32 Å². The average Bonchev–Trinajstić information content (AvgIpc) is 3.53. The number of benzene rings is 1. The van der Waals surface area contributed by atoms with E-state index < -0.39 is 12.0 Å². The Kier molecular flexibility index (Phi) is 6.22. The van der Waals surface area contributed by atoms with Crippen LogP contribution >= 0.6 is 0 Å². The van der Waals surface area contributed by atoms with E-state index in [2.05, 4.69) is 40.4 Å². The SMILES string of the molecule is CC(C)(C)CC(O)Nc1cncc(-c2cnc3n[nH]c(-c4nc5nccc(-c6ccc(F)cc6)c5[nH]4)c3c2F)c1. The molecule has 40 heavy (non-hydrogen) atoms. The lowest BCUT2D eigenvalue weighted by atomic mass is 9.91. The van der Waals surface area contributed by atoms with Gasteiger partial charge in [0.2, 0.25) is 0 Å². The van der Waals surface area contributed by atoms with Crippen molar-refractivity contribution in [3.05, 3.63) is 72.8 Å². The first-order valence-corrected chi connectivity index (χ1v) is 12.7. The molecular formula is C29H26F2N8O. The maximum Gasteiger partial charge on any atom is 0.184 e. The Hall–Kier alpha value is -4.77. The Bertz CT molecular complexity index is 1840. The summed E-state index contributed by atoms with van der Waals surface area (Å²) >= 11 is 0. The van der Waals surface area contributed by atoms with E-state index >= 15 is 4.39 Å². The highest BCUT2D eigenvalue weighted by atomic mass is 19.1. The Morgan fingerprint density at radius 1 is 0.950 bits per heavy atom. The fraction of sp³-hybridized carbons (Fsp3) is 0.207. The molecule has 1 atom stereocenters. The summed E-state index contributed by atoms with van der Waals surface area (Å²) in [6.07, 6.45) is 5.86. The molecule has 1 unspecified atom stereocenters. The molecule has 0 amide bonds. The molecule has 0 aliphatic heterocycles. The van der Waals surface area contributed by atoms with E-state index in [0.717, 1.165) is 11.1 Å². The molecule has 0 bridgehead atoms. The zero-order valence-electron chi connectivity index (χ0n) is 22.0. The van der Waals surface area contributed by atoms with Crippen LogP contribution in [0.2, 0.25) is 0 Å². The number of H-pyrrole nitrogens is 2. The number of aliphatic hydroxyl groups excluding tert-OH is 1. The number of fused-ring (bicyclic) bond motifs is 2. The third-order valence-corrected chi connectivity index (χ3v) is 6.49. The van der Waals surface area contributed by atoms with E-state index in [-0.39, 0.29) is 27.8 Å². The van der Waals surface area contributed by atoms with Gasteiger partial charge in [-0.1, -0.05) is 32.9 Å². The van der Waals surface area contributed by atoms with E-state index in [0.29, 0.717) is 40.4 Å². The maximum atomic E-state index is 16.1. The monoisotopic (exact) mass is 540 g/mol. The van der Waals surface area contributed by atoms with Crippen molar-refractivity contribution in [2.45, 2.75) is 33.4 Å². The van der Waals surface area contributed by atoms with Crippen LogP contribution in [0.15, 0.2) is 61.2 Å². The molecule has 6 rings (SSSR count). The van der Waals surface area contributed by atoms with E-state index in [1.807, 2.05) is 20.8 Å². The number of pyridine rings is 3. The second kappa shape index (κ2) is 9.76. The highest BCUT2D eigenvalue weighted by Crippen LogP contribution is 2.34. The number of imidazole rings is 1. The summed E-state index contributed by atoms with van der Waals surface area (Å²) in [5.74, 6) is -0.550. The molecular weight excluding hydrogens is 514 g/mol. The molecule has 0 fully saturated rings. The van der Waals surface area contributed by atoms with Crippen molar-refractivity contribution in [1.29, 1.82) is 0 Å². The van der Waals surface area contributed by atoms with Crippen molar-refractivity contribution < 1.29 is 13.9 Å². The zero-order chi connectivity index (χ0) is 28.0. The van der Waals surface area contributed by atoms with Gasteiger partial charge in [-0.15, -0.1) is 0 Å². The molecule has 0 aliphatic carbocycles. The second-order valence-electron chi connectivity index (χ2n) is 10.8. The van der Waals surface area contributed by atoms with Gasteiger partial charge in [-0.25, -0.2) is 23.7 Å². The van der Waals surface area contributed by atoms with Gasteiger partial charge >= 0.3 is 0 Å². The molecule has 4 N–H and O–H groups in total. The minimum Gasteiger partial charge on any atom is -0.374 e. The van der Waals surface area contributed by atoms with Crippen LogP contribution in [-0.4, -0.2) is 46.5 Å². The van der Waals surface area contributed by atoms with E-state index in [1.54, 1.807) is 36.7 Å². The molecule has 0 spiro atoms. The highest BCUT2D eigenvalue weighted by Gasteiger charge is 2.22. The van der Waals surface area contributed by atoms with Crippen molar-refractivity contribution >= 4 is 27.9 Å². The van der Waals surface area contributed by atoms with Gasteiger partial charge in [-0.3, -0.25) is 10.1 Å². The molecule has 9 nitrogen and oxygen atoms in total. The van der Waals surface area contributed by atoms with Crippen LogP contribution in [0.25, 0.3) is 56.0 Å². The lowest BCUT2D eigenvalue weighted by Gasteiger charge is -2.23. The number of nitrogens with zero attached hydrogens (tertiary/aromatic N) is 5. The van der Waals surface area contributed by atoms with Gasteiger partial charge in [0.05, 0.1) is 22.8 Å². The van der Waals surface area contributed by atoms with Gasteiger partial charge in [0, 0.05) is 35.3 Å². The van der Waals surface area contributed by atoms with Gasteiger partial charge in [-0.05, 0) is 41.7 Å². The molecule has 0 radical (unpaired) electrons. The zero-order valence-corrected chi connectivity index (χ0v) is 22.0. The lowest BCUT2D eigenvalue weighted by molar-refractivity contribution is 0.145. The molecule has 0 saturated carbocycles. The van der Waals surface area contributed by atoms with Crippen molar-refractivity contribution in [2.24, 2.45) is 5.41 Å².